The molecule has 0 radical (unpaired) electrons. The van der Waals surface area contributed by atoms with Crippen molar-refractivity contribution in [2.75, 3.05) is 38.2 Å². The van der Waals surface area contributed by atoms with E-state index in [2.05, 4.69) is 4.90 Å². The fourth-order valence-corrected chi connectivity index (χ4v) is 6.33. The van der Waals surface area contributed by atoms with Gasteiger partial charge in [0.25, 0.3) is 0 Å². The molecule has 34 heavy (non-hydrogen) atoms. The second-order valence-corrected chi connectivity index (χ2v) is 10.5. The van der Waals surface area contributed by atoms with Crippen LogP contribution in [-0.2, 0) is 22.2 Å². The van der Waals surface area contributed by atoms with Gasteiger partial charge in [0.05, 0.1) is 24.6 Å². The lowest BCUT2D eigenvalue weighted by atomic mass is 9.98. The third-order valence-corrected chi connectivity index (χ3v) is 7.91. The summed E-state index contributed by atoms with van der Waals surface area (Å²) in [6.07, 6.45) is 1.65. The molecule has 1 unspecified atom stereocenters. The summed E-state index contributed by atoms with van der Waals surface area (Å²) in [6.45, 7) is 1.78. The maximum Gasteiger partial charge on any atom is 0.239 e. The number of sulfonamides is 1. The van der Waals surface area contributed by atoms with Crippen molar-refractivity contribution >= 4 is 15.7 Å². The minimum absolute atomic E-state index is 0.0146. The van der Waals surface area contributed by atoms with E-state index in [0.717, 1.165) is 29.7 Å². The summed E-state index contributed by atoms with van der Waals surface area (Å²) in [6, 6.07) is 24.7. The Morgan fingerprint density at radius 2 is 1.62 bits per heavy atom. The van der Waals surface area contributed by atoms with Crippen LogP contribution in [0.4, 0.5) is 5.69 Å². The standard InChI is InChI=1S/C27H32N2O4S/c1-28(18-19-33-27-15-9-8-14-26(27)32-2)20-24-17-16-23-12-6-7-13-25(23)29(24)34(30,31)21-22-10-4-3-5-11-22/h3-15,24H,16-21H2,1-2H3. The first-order chi connectivity index (χ1) is 16.5. The van der Waals surface area contributed by atoms with Gasteiger partial charge in [-0.2, -0.15) is 0 Å². The van der Waals surface area contributed by atoms with E-state index in [-0.39, 0.29) is 11.8 Å². The third-order valence-electron chi connectivity index (χ3n) is 6.12. The number of hydrogen-bond donors (Lipinski definition) is 0. The number of hydrogen-bond acceptors (Lipinski definition) is 5. The van der Waals surface area contributed by atoms with E-state index in [1.165, 1.54) is 0 Å². The molecular formula is C27H32N2O4S. The molecular weight excluding hydrogens is 448 g/mol. The minimum Gasteiger partial charge on any atom is -0.493 e. The first-order valence-electron chi connectivity index (χ1n) is 11.6. The van der Waals surface area contributed by atoms with Gasteiger partial charge in [-0.05, 0) is 49.2 Å². The van der Waals surface area contributed by atoms with Crippen molar-refractivity contribution in [3.05, 3.63) is 90.0 Å². The van der Waals surface area contributed by atoms with E-state index >= 15 is 0 Å². The highest BCUT2D eigenvalue weighted by molar-refractivity contribution is 7.92. The van der Waals surface area contributed by atoms with Crippen LogP contribution in [0.2, 0.25) is 0 Å². The van der Waals surface area contributed by atoms with Gasteiger partial charge < -0.3 is 14.4 Å². The molecule has 0 fully saturated rings. The summed E-state index contributed by atoms with van der Waals surface area (Å²) in [4.78, 5) is 2.14. The molecule has 0 aromatic heterocycles. The third kappa shape index (κ3) is 5.72. The van der Waals surface area contributed by atoms with Gasteiger partial charge in [-0.15, -0.1) is 0 Å². The predicted octanol–water partition coefficient (Wildman–Crippen LogP) is 4.36. The van der Waals surface area contributed by atoms with E-state index in [9.17, 15) is 8.42 Å². The molecule has 0 aliphatic carbocycles. The number of fused-ring (bicyclic) bond motifs is 1. The minimum atomic E-state index is -3.56. The molecule has 1 aliphatic heterocycles. The Labute approximate surface area is 202 Å². The highest BCUT2D eigenvalue weighted by Gasteiger charge is 2.35. The van der Waals surface area contributed by atoms with Crippen LogP contribution < -0.4 is 13.8 Å². The average Bonchev–Trinajstić information content (AvgIpc) is 2.84. The highest BCUT2D eigenvalue weighted by Crippen LogP contribution is 2.34. The fourth-order valence-electron chi connectivity index (χ4n) is 4.47. The molecule has 0 N–H and O–H groups in total. The molecule has 4 rings (SSSR count). The number of likely N-dealkylation sites (N-methyl/N-ethyl adjacent to an activating group) is 1. The molecule has 0 spiro atoms. The van der Waals surface area contributed by atoms with Crippen molar-refractivity contribution in [2.24, 2.45) is 0 Å². The van der Waals surface area contributed by atoms with Crippen LogP contribution in [0.15, 0.2) is 78.9 Å². The summed E-state index contributed by atoms with van der Waals surface area (Å²) in [7, 11) is 0.0745. The Bertz CT molecular complexity index is 1180. The number of para-hydroxylation sites is 3. The zero-order chi connectivity index (χ0) is 24.0. The summed E-state index contributed by atoms with van der Waals surface area (Å²) in [5.41, 5.74) is 2.67. The monoisotopic (exact) mass is 480 g/mol. The van der Waals surface area contributed by atoms with Gasteiger partial charge >= 0.3 is 0 Å². The van der Waals surface area contributed by atoms with E-state index in [1.54, 1.807) is 11.4 Å². The Morgan fingerprint density at radius 1 is 0.941 bits per heavy atom. The number of anilines is 1. The van der Waals surface area contributed by atoms with Crippen LogP contribution in [-0.4, -0.2) is 53.2 Å². The first kappa shape index (κ1) is 24.1. The van der Waals surface area contributed by atoms with Gasteiger partial charge in [-0.25, -0.2) is 8.42 Å². The van der Waals surface area contributed by atoms with Crippen molar-refractivity contribution in [1.82, 2.24) is 4.90 Å². The molecule has 0 saturated heterocycles. The lowest BCUT2D eigenvalue weighted by Crippen LogP contribution is -2.49. The summed E-state index contributed by atoms with van der Waals surface area (Å²) in [5, 5.41) is 0. The van der Waals surface area contributed by atoms with Crippen LogP contribution in [0, 0.1) is 0 Å². The second-order valence-electron chi connectivity index (χ2n) is 8.62. The Balaban J connectivity index is 1.47. The Kier molecular flexibility index (Phi) is 7.75. The van der Waals surface area contributed by atoms with Crippen LogP contribution >= 0.6 is 0 Å². The zero-order valence-corrected chi connectivity index (χ0v) is 20.6. The summed E-state index contributed by atoms with van der Waals surface area (Å²) < 4.78 is 40.2. The summed E-state index contributed by atoms with van der Waals surface area (Å²) >= 11 is 0. The van der Waals surface area contributed by atoms with Crippen molar-refractivity contribution in [1.29, 1.82) is 0 Å². The lowest BCUT2D eigenvalue weighted by molar-refractivity contribution is 0.221. The zero-order valence-electron chi connectivity index (χ0n) is 19.8. The van der Waals surface area contributed by atoms with Gasteiger partial charge in [0.15, 0.2) is 11.5 Å². The molecule has 1 heterocycles. The molecule has 7 heteroatoms. The van der Waals surface area contributed by atoms with Gasteiger partial charge in [0.2, 0.25) is 10.0 Å². The molecule has 180 valence electrons. The maximum absolute atomic E-state index is 13.6. The van der Waals surface area contributed by atoms with Crippen molar-refractivity contribution in [3.63, 3.8) is 0 Å². The quantitative estimate of drug-likeness (QED) is 0.432. The largest absolute Gasteiger partial charge is 0.493 e. The molecule has 3 aromatic carbocycles. The van der Waals surface area contributed by atoms with Gasteiger partial charge in [-0.3, -0.25) is 4.31 Å². The Hall–Kier alpha value is -3.03. The fraction of sp³-hybridized carbons (Fsp3) is 0.333. The van der Waals surface area contributed by atoms with E-state index in [4.69, 9.17) is 9.47 Å². The topological polar surface area (TPSA) is 59.1 Å². The SMILES string of the molecule is COc1ccccc1OCCN(C)CC1CCc2ccccc2N1S(=O)(=O)Cc1ccccc1. The van der Waals surface area contributed by atoms with E-state index in [0.29, 0.717) is 31.2 Å². The second kappa shape index (κ2) is 10.9. The smallest absolute Gasteiger partial charge is 0.239 e. The molecule has 1 aliphatic rings. The van der Waals surface area contributed by atoms with E-state index in [1.807, 2.05) is 85.9 Å². The van der Waals surface area contributed by atoms with Crippen LogP contribution in [0.5, 0.6) is 11.5 Å². The molecule has 1 atom stereocenters. The maximum atomic E-state index is 13.6. The molecule has 0 amide bonds. The van der Waals surface area contributed by atoms with Crippen LogP contribution in [0.3, 0.4) is 0 Å². The van der Waals surface area contributed by atoms with Gasteiger partial charge in [0, 0.05) is 13.1 Å². The van der Waals surface area contributed by atoms with Crippen molar-refractivity contribution < 1.29 is 17.9 Å². The number of methoxy groups -OCH3 is 1. The number of ether oxygens (including phenoxy) is 2. The number of aryl methyl sites for hydroxylation is 1. The Morgan fingerprint density at radius 3 is 2.38 bits per heavy atom. The predicted molar refractivity (Wildman–Crippen MR) is 136 cm³/mol. The number of nitrogens with zero attached hydrogens (tertiary/aromatic N) is 2. The first-order valence-corrected chi connectivity index (χ1v) is 13.2. The normalized spacial score (nSPS) is 15.7. The molecule has 6 nitrogen and oxygen atoms in total. The number of benzene rings is 3. The lowest BCUT2D eigenvalue weighted by Gasteiger charge is -2.39. The molecule has 0 saturated carbocycles. The van der Waals surface area contributed by atoms with Crippen LogP contribution in [0.25, 0.3) is 0 Å². The molecule has 0 bridgehead atoms. The molecule has 3 aromatic rings. The summed E-state index contributed by atoms with van der Waals surface area (Å²) in [5.74, 6) is 1.39. The van der Waals surface area contributed by atoms with Gasteiger partial charge in [-0.1, -0.05) is 60.7 Å². The van der Waals surface area contributed by atoms with Crippen molar-refractivity contribution in [2.45, 2.75) is 24.6 Å². The highest BCUT2D eigenvalue weighted by atomic mass is 32.2. The van der Waals surface area contributed by atoms with Crippen molar-refractivity contribution in [3.8, 4) is 11.5 Å². The van der Waals surface area contributed by atoms with Crippen LogP contribution in [0.1, 0.15) is 17.5 Å². The van der Waals surface area contributed by atoms with Gasteiger partial charge in [0.1, 0.15) is 6.61 Å². The van der Waals surface area contributed by atoms with E-state index < -0.39 is 10.0 Å². The number of rotatable bonds is 10. The average molecular weight is 481 g/mol.